The van der Waals surface area contributed by atoms with E-state index in [4.69, 9.17) is 10.2 Å². The highest BCUT2D eigenvalue weighted by Gasteiger charge is 2.29. The first-order chi connectivity index (χ1) is 8.20. The number of benzene rings is 1. The molecule has 17 heavy (non-hydrogen) atoms. The minimum Gasteiger partial charge on any atom is -0.481 e. The van der Waals surface area contributed by atoms with Crippen LogP contribution >= 0.6 is 0 Å². The highest BCUT2D eigenvalue weighted by molar-refractivity contribution is 5.70. The Hall–Kier alpha value is -1.39. The smallest absolute Gasteiger partial charge is 0.307 e. The SMILES string of the molecule is O=C(O)C1CNC(c2ccc(CCO)cc2)C1. The van der Waals surface area contributed by atoms with E-state index in [1.807, 2.05) is 24.3 Å². The van der Waals surface area contributed by atoms with E-state index in [1.54, 1.807) is 0 Å². The van der Waals surface area contributed by atoms with E-state index in [0.29, 0.717) is 19.4 Å². The van der Waals surface area contributed by atoms with Crippen LogP contribution in [-0.2, 0) is 11.2 Å². The third-order valence-electron chi connectivity index (χ3n) is 3.26. The van der Waals surface area contributed by atoms with E-state index in [-0.39, 0.29) is 18.6 Å². The fraction of sp³-hybridized carbons (Fsp3) is 0.462. The summed E-state index contributed by atoms with van der Waals surface area (Å²) in [5.74, 6) is -1.01. The summed E-state index contributed by atoms with van der Waals surface area (Å²) in [4.78, 5) is 10.8. The summed E-state index contributed by atoms with van der Waals surface area (Å²) in [6.45, 7) is 0.695. The maximum absolute atomic E-state index is 10.8. The third kappa shape index (κ3) is 2.84. The highest BCUT2D eigenvalue weighted by atomic mass is 16.4. The van der Waals surface area contributed by atoms with Crippen LogP contribution < -0.4 is 5.32 Å². The van der Waals surface area contributed by atoms with E-state index in [2.05, 4.69) is 5.32 Å². The van der Waals surface area contributed by atoms with Gasteiger partial charge in [0, 0.05) is 19.2 Å². The molecule has 1 aromatic rings. The maximum atomic E-state index is 10.8. The number of carboxylic acid groups (broad SMARTS) is 1. The van der Waals surface area contributed by atoms with Crippen LogP contribution in [0.15, 0.2) is 24.3 Å². The molecular formula is C13H17NO3. The van der Waals surface area contributed by atoms with Crippen LogP contribution in [0.1, 0.15) is 23.6 Å². The zero-order valence-corrected chi connectivity index (χ0v) is 9.60. The summed E-state index contributed by atoms with van der Waals surface area (Å²) in [6, 6.07) is 8.13. The normalized spacial score (nSPS) is 23.8. The zero-order chi connectivity index (χ0) is 12.3. The number of aliphatic carboxylic acids is 1. The van der Waals surface area contributed by atoms with Crippen molar-refractivity contribution in [1.29, 1.82) is 0 Å². The van der Waals surface area contributed by atoms with Crippen molar-refractivity contribution in [2.45, 2.75) is 18.9 Å². The Kier molecular flexibility index (Phi) is 3.76. The molecule has 2 unspecified atom stereocenters. The van der Waals surface area contributed by atoms with Gasteiger partial charge in [0.2, 0.25) is 0 Å². The highest BCUT2D eigenvalue weighted by Crippen LogP contribution is 2.27. The van der Waals surface area contributed by atoms with Crippen LogP contribution in [-0.4, -0.2) is 29.3 Å². The second-order valence-corrected chi connectivity index (χ2v) is 4.45. The lowest BCUT2D eigenvalue weighted by molar-refractivity contribution is -0.141. The molecule has 3 N–H and O–H groups in total. The van der Waals surface area contributed by atoms with Crippen molar-refractivity contribution in [2.75, 3.05) is 13.2 Å². The van der Waals surface area contributed by atoms with Crippen LogP contribution in [0.2, 0.25) is 0 Å². The van der Waals surface area contributed by atoms with Gasteiger partial charge in [-0.1, -0.05) is 24.3 Å². The lowest BCUT2D eigenvalue weighted by Gasteiger charge is -2.11. The molecule has 0 bridgehead atoms. The Morgan fingerprint density at radius 2 is 2.06 bits per heavy atom. The predicted molar refractivity (Wildman–Crippen MR) is 63.7 cm³/mol. The Morgan fingerprint density at radius 1 is 1.35 bits per heavy atom. The molecule has 0 spiro atoms. The molecule has 4 nitrogen and oxygen atoms in total. The fourth-order valence-electron chi connectivity index (χ4n) is 2.22. The largest absolute Gasteiger partial charge is 0.481 e. The van der Waals surface area contributed by atoms with Crippen molar-refractivity contribution in [3.8, 4) is 0 Å². The minimum absolute atomic E-state index is 0.138. The van der Waals surface area contributed by atoms with Gasteiger partial charge in [-0.15, -0.1) is 0 Å². The lowest BCUT2D eigenvalue weighted by atomic mass is 9.99. The monoisotopic (exact) mass is 235 g/mol. The number of hydrogen-bond acceptors (Lipinski definition) is 3. The molecule has 1 aliphatic heterocycles. The number of carbonyl (C=O) groups is 1. The molecular weight excluding hydrogens is 218 g/mol. The van der Waals surface area contributed by atoms with Crippen molar-refractivity contribution in [2.24, 2.45) is 5.92 Å². The van der Waals surface area contributed by atoms with Crippen LogP contribution in [0, 0.1) is 5.92 Å². The molecule has 0 amide bonds. The number of rotatable bonds is 4. The summed E-state index contributed by atoms with van der Waals surface area (Å²) >= 11 is 0. The van der Waals surface area contributed by atoms with Crippen molar-refractivity contribution in [3.05, 3.63) is 35.4 Å². The molecule has 1 heterocycles. The first-order valence-corrected chi connectivity index (χ1v) is 5.86. The summed E-state index contributed by atoms with van der Waals surface area (Å²) in [7, 11) is 0. The fourth-order valence-corrected chi connectivity index (χ4v) is 2.22. The molecule has 0 aromatic heterocycles. The van der Waals surface area contributed by atoms with Gasteiger partial charge < -0.3 is 15.5 Å². The van der Waals surface area contributed by atoms with E-state index >= 15 is 0 Å². The molecule has 1 aliphatic rings. The van der Waals surface area contributed by atoms with Gasteiger partial charge in [0.1, 0.15) is 0 Å². The van der Waals surface area contributed by atoms with Gasteiger partial charge in [0.05, 0.1) is 5.92 Å². The molecule has 1 fully saturated rings. The van der Waals surface area contributed by atoms with E-state index in [0.717, 1.165) is 11.1 Å². The van der Waals surface area contributed by atoms with Gasteiger partial charge >= 0.3 is 5.97 Å². The number of aliphatic hydroxyl groups excluding tert-OH is 1. The quantitative estimate of drug-likeness (QED) is 0.727. The lowest BCUT2D eigenvalue weighted by Crippen LogP contribution is -2.17. The average molecular weight is 235 g/mol. The second kappa shape index (κ2) is 5.29. The van der Waals surface area contributed by atoms with Crippen LogP contribution in [0.5, 0.6) is 0 Å². The molecule has 92 valence electrons. The Bertz CT molecular complexity index is 388. The first-order valence-electron chi connectivity index (χ1n) is 5.86. The summed E-state index contributed by atoms with van der Waals surface area (Å²) in [6.07, 6.45) is 1.31. The molecule has 1 saturated heterocycles. The topological polar surface area (TPSA) is 69.6 Å². The second-order valence-electron chi connectivity index (χ2n) is 4.45. The standard InChI is InChI=1S/C13H17NO3/c15-6-5-9-1-3-10(4-2-9)12-7-11(8-14-12)13(16)17/h1-4,11-12,14-15H,5-8H2,(H,16,17). The summed E-state index contributed by atoms with van der Waals surface area (Å²) < 4.78 is 0. The zero-order valence-electron chi connectivity index (χ0n) is 9.60. The van der Waals surface area contributed by atoms with Gasteiger partial charge in [-0.3, -0.25) is 4.79 Å². The van der Waals surface area contributed by atoms with Crippen LogP contribution in [0.25, 0.3) is 0 Å². The molecule has 0 aliphatic carbocycles. The van der Waals surface area contributed by atoms with Crippen molar-refractivity contribution < 1.29 is 15.0 Å². The predicted octanol–water partition coefficient (Wildman–Crippen LogP) is 0.957. The Labute approximate surface area is 100 Å². The minimum atomic E-state index is -0.725. The number of aliphatic hydroxyl groups is 1. The number of hydrogen-bond donors (Lipinski definition) is 3. The van der Waals surface area contributed by atoms with Gasteiger partial charge in [0.15, 0.2) is 0 Å². The Morgan fingerprint density at radius 3 is 2.59 bits per heavy atom. The maximum Gasteiger partial charge on any atom is 0.307 e. The molecule has 1 aromatic carbocycles. The molecule has 2 rings (SSSR count). The van der Waals surface area contributed by atoms with E-state index in [1.165, 1.54) is 0 Å². The Balaban J connectivity index is 2.01. The average Bonchev–Trinajstić information content (AvgIpc) is 2.80. The van der Waals surface area contributed by atoms with Gasteiger partial charge in [-0.05, 0) is 24.0 Å². The van der Waals surface area contributed by atoms with Gasteiger partial charge in [-0.2, -0.15) is 0 Å². The van der Waals surface area contributed by atoms with Crippen LogP contribution in [0.3, 0.4) is 0 Å². The summed E-state index contributed by atoms with van der Waals surface area (Å²) in [5, 5.41) is 21.0. The van der Waals surface area contributed by atoms with E-state index < -0.39 is 5.97 Å². The molecule has 2 atom stereocenters. The first kappa shape index (κ1) is 12.1. The number of carboxylic acids is 1. The molecule has 4 heteroatoms. The van der Waals surface area contributed by atoms with Crippen molar-refractivity contribution in [3.63, 3.8) is 0 Å². The van der Waals surface area contributed by atoms with Crippen molar-refractivity contribution >= 4 is 5.97 Å². The van der Waals surface area contributed by atoms with Crippen molar-refractivity contribution in [1.82, 2.24) is 5.32 Å². The molecule has 0 radical (unpaired) electrons. The molecule has 0 saturated carbocycles. The van der Waals surface area contributed by atoms with Gasteiger partial charge in [-0.25, -0.2) is 0 Å². The third-order valence-corrected chi connectivity index (χ3v) is 3.26. The van der Waals surface area contributed by atoms with E-state index in [9.17, 15) is 4.79 Å². The van der Waals surface area contributed by atoms with Gasteiger partial charge in [0.25, 0.3) is 0 Å². The number of nitrogens with one attached hydrogen (secondary N) is 1. The summed E-state index contributed by atoms with van der Waals surface area (Å²) in [5.41, 5.74) is 2.22. The van der Waals surface area contributed by atoms with Crippen LogP contribution in [0.4, 0.5) is 0 Å².